The molecular formula is C14H10FNO5. The van der Waals surface area contributed by atoms with Gasteiger partial charge in [0.2, 0.25) is 5.82 Å². The Hall–Kier alpha value is -2.96. The van der Waals surface area contributed by atoms with E-state index in [1.165, 1.54) is 7.11 Å². The summed E-state index contributed by atoms with van der Waals surface area (Å²) in [5, 5.41) is 19.9. The number of rotatable bonds is 4. The van der Waals surface area contributed by atoms with Crippen molar-refractivity contribution in [2.75, 3.05) is 7.11 Å². The highest BCUT2D eigenvalue weighted by molar-refractivity contribution is 5.91. The number of carboxylic acid groups (broad SMARTS) is 1. The predicted octanol–water partition coefficient (Wildman–Crippen LogP) is 3.11. The number of benzene rings is 2. The molecule has 0 bridgehead atoms. The van der Waals surface area contributed by atoms with Crippen LogP contribution in [0.2, 0.25) is 0 Å². The lowest BCUT2D eigenvalue weighted by Gasteiger charge is -2.09. The topological polar surface area (TPSA) is 89.7 Å². The molecule has 2 rings (SSSR count). The Morgan fingerprint density at radius 2 is 2.00 bits per heavy atom. The summed E-state index contributed by atoms with van der Waals surface area (Å²) >= 11 is 0. The largest absolute Gasteiger partial charge is 0.496 e. The second kappa shape index (κ2) is 5.58. The van der Waals surface area contributed by atoms with Crippen LogP contribution in [-0.2, 0) is 0 Å². The maximum atomic E-state index is 13.8. The van der Waals surface area contributed by atoms with Gasteiger partial charge < -0.3 is 9.84 Å². The van der Waals surface area contributed by atoms with E-state index in [1.807, 2.05) is 0 Å². The molecule has 0 atom stereocenters. The summed E-state index contributed by atoms with van der Waals surface area (Å²) in [6.45, 7) is 0. The van der Waals surface area contributed by atoms with Gasteiger partial charge in [-0.3, -0.25) is 10.1 Å². The standard InChI is InChI=1S/C14H10FNO5/c1-21-12-5-3-2-4-9(12)8-6-10(14(17)18)13(15)11(7-8)16(19)20/h2-7H,1H3,(H,17,18). The Balaban J connectivity index is 2.75. The quantitative estimate of drug-likeness (QED) is 0.690. The van der Waals surface area contributed by atoms with E-state index in [-0.39, 0.29) is 5.56 Å². The van der Waals surface area contributed by atoms with Gasteiger partial charge in [0.15, 0.2) is 0 Å². The molecule has 6 nitrogen and oxygen atoms in total. The Bertz CT molecular complexity index is 694. The summed E-state index contributed by atoms with van der Waals surface area (Å²) in [4.78, 5) is 21.0. The number of hydrogen-bond donors (Lipinski definition) is 1. The molecule has 1 N–H and O–H groups in total. The van der Waals surface area contributed by atoms with Crippen LogP contribution in [0.3, 0.4) is 0 Å². The first-order valence-electron chi connectivity index (χ1n) is 5.80. The number of methoxy groups -OCH3 is 1. The van der Waals surface area contributed by atoms with Crippen LogP contribution in [0.4, 0.5) is 10.1 Å². The van der Waals surface area contributed by atoms with E-state index in [1.54, 1.807) is 24.3 Å². The van der Waals surface area contributed by atoms with Crippen molar-refractivity contribution in [1.29, 1.82) is 0 Å². The van der Waals surface area contributed by atoms with E-state index in [0.717, 1.165) is 12.1 Å². The average Bonchev–Trinajstić information content (AvgIpc) is 2.46. The molecule has 108 valence electrons. The van der Waals surface area contributed by atoms with Gasteiger partial charge in [-0.1, -0.05) is 18.2 Å². The lowest BCUT2D eigenvalue weighted by molar-refractivity contribution is -0.387. The predicted molar refractivity (Wildman–Crippen MR) is 72.0 cm³/mol. The van der Waals surface area contributed by atoms with Crippen LogP contribution in [0.5, 0.6) is 5.75 Å². The molecule has 0 aliphatic heterocycles. The molecule has 0 aliphatic carbocycles. The monoisotopic (exact) mass is 291 g/mol. The summed E-state index contributed by atoms with van der Waals surface area (Å²) in [6.07, 6.45) is 0. The zero-order valence-corrected chi connectivity index (χ0v) is 10.9. The van der Waals surface area contributed by atoms with Crippen molar-refractivity contribution in [3.8, 4) is 16.9 Å². The van der Waals surface area contributed by atoms with E-state index >= 15 is 0 Å². The van der Waals surface area contributed by atoms with E-state index in [0.29, 0.717) is 11.3 Å². The van der Waals surface area contributed by atoms with E-state index in [4.69, 9.17) is 9.84 Å². The molecule has 21 heavy (non-hydrogen) atoms. The van der Waals surface area contributed by atoms with Gasteiger partial charge in [0.05, 0.1) is 12.0 Å². The summed E-state index contributed by atoms with van der Waals surface area (Å²) in [5.74, 6) is -2.55. The van der Waals surface area contributed by atoms with Crippen molar-refractivity contribution < 1.29 is 24.0 Å². The van der Waals surface area contributed by atoms with Crippen molar-refractivity contribution in [2.24, 2.45) is 0 Å². The fraction of sp³-hybridized carbons (Fsp3) is 0.0714. The lowest BCUT2D eigenvalue weighted by Crippen LogP contribution is -2.05. The molecule has 0 saturated heterocycles. The minimum atomic E-state index is -1.58. The van der Waals surface area contributed by atoms with Gasteiger partial charge in [-0.25, -0.2) is 4.79 Å². The molecule has 0 radical (unpaired) electrons. The van der Waals surface area contributed by atoms with Gasteiger partial charge in [0.25, 0.3) is 0 Å². The second-order valence-electron chi connectivity index (χ2n) is 4.12. The third-order valence-electron chi connectivity index (χ3n) is 2.90. The first-order valence-corrected chi connectivity index (χ1v) is 5.80. The van der Waals surface area contributed by atoms with Crippen LogP contribution in [0.15, 0.2) is 36.4 Å². The number of carbonyl (C=O) groups is 1. The van der Waals surface area contributed by atoms with Gasteiger partial charge in [0, 0.05) is 11.6 Å². The minimum absolute atomic E-state index is 0.193. The number of carboxylic acids is 1. The third kappa shape index (κ3) is 2.66. The van der Waals surface area contributed by atoms with E-state index < -0.39 is 28.0 Å². The maximum Gasteiger partial charge on any atom is 0.338 e. The SMILES string of the molecule is COc1ccccc1-c1cc(C(=O)O)c(F)c([N+](=O)[O-])c1. The number of nitrogens with zero attached hydrogens (tertiary/aromatic N) is 1. The smallest absolute Gasteiger partial charge is 0.338 e. The molecule has 0 aliphatic rings. The first kappa shape index (κ1) is 14.4. The van der Waals surface area contributed by atoms with Crippen molar-refractivity contribution in [3.05, 3.63) is 57.9 Å². The summed E-state index contributed by atoms with van der Waals surface area (Å²) in [6, 6.07) is 8.60. The summed E-state index contributed by atoms with van der Waals surface area (Å²) < 4.78 is 18.9. The number of halogens is 1. The number of aromatic carboxylic acids is 1. The zero-order valence-electron chi connectivity index (χ0n) is 10.9. The number of para-hydroxylation sites is 1. The van der Waals surface area contributed by atoms with Crippen molar-refractivity contribution >= 4 is 11.7 Å². The average molecular weight is 291 g/mol. The third-order valence-corrected chi connectivity index (χ3v) is 2.90. The Morgan fingerprint density at radius 1 is 1.33 bits per heavy atom. The normalized spacial score (nSPS) is 10.2. The molecule has 2 aromatic carbocycles. The van der Waals surface area contributed by atoms with Crippen molar-refractivity contribution in [2.45, 2.75) is 0 Å². The number of ether oxygens (including phenoxy) is 1. The van der Waals surface area contributed by atoms with Gasteiger partial charge in [-0.05, 0) is 17.7 Å². The van der Waals surface area contributed by atoms with Crippen LogP contribution < -0.4 is 4.74 Å². The van der Waals surface area contributed by atoms with Gasteiger partial charge in [-0.15, -0.1) is 0 Å². The van der Waals surface area contributed by atoms with Crippen LogP contribution in [0.25, 0.3) is 11.1 Å². The van der Waals surface area contributed by atoms with E-state index in [2.05, 4.69) is 0 Å². The molecular weight excluding hydrogens is 281 g/mol. The number of hydrogen-bond acceptors (Lipinski definition) is 4. The van der Waals surface area contributed by atoms with Crippen LogP contribution in [0, 0.1) is 15.9 Å². The molecule has 0 fully saturated rings. The number of nitro groups is 1. The van der Waals surface area contributed by atoms with Crippen LogP contribution >= 0.6 is 0 Å². The fourth-order valence-electron chi connectivity index (χ4n) is 1.94. The summed E-state index contributed by atoms with van der Waals surface area (Å²) in [7, 11) is 1.41. The maximum absolute atomic E-state index is 13.8. The minimum Gasteiger partial charge on any atom is -0.496 e. The lowest BCUT2D eigenvalue weighted by atomic mass is 10.0. The molecule has 2 aromatic rings. The molecule has 7 heteroatoms. The highest BCUT2D eigenvalue weighted by Gasteiger charge is 2.24. The van der Waals surface area contributed by atoms with E-state index in [9.17, 15) is 19.3 Å². The molecule has 0 unspecified atom stereocenters. The molecule has 0 heterocycles. The molecule has 0 amide bonds. The Kier molecular flexibility index (Phi) is 3.84. The Labute approximate surface area is 118 Å². The van der Waals surface area contributed by atoms with Gasteiger partial charge in [-0.2, -0.15) is 4.39 Å². The number of nitro benzene ring substituents is 1. The highest BCUT2D eigenvalue weighted by Crippen LogP contribution is 2.34. The molecule has 0 spiro atoms. The highest BCUT2D eigenvalue weighted by atomic mass is 19.1. The van der Waals surface area contributed by atoms with Gasteiger partial charge in [0.1, 0.15) is 11.3 Å². The summed E-state index contributed by atoms with van der Waals surface area (Å²) in [5.41, 5.74) is -1.02. The molecule has 0 saturated carbocycles. The first-order chi connectivity index (χ1) is 9.95. The second-order valence-corrected chi connectivity index (χ2v) is 4.12. The Morgan fingerprint density at radius 3 is 2.57 bits per heavy atom. The fourth-order valence-corrected chi connectivity index (χ4v) is 1.94. The van der Waals surface area contributed by atoms with Crippen LogP contribution in [-0.4, -0.2) is 23.1 Å². The van der Waals surface area contributed by atoms with Crippen molar-refractivity contribution in [1.82, 2.24) is 0 Å². The zero-order chi connectivity index (χ0) is 15.6. The molecule has 0 aromatic heterocycles. The van der Waals surface area contributed by atoms with Gasteiger partial charge >= 0.3 is 11.7 Å². The van der Waals surface area contributed by atoms with Crippen LogP contribution in [0.1, 0.15) is 10.4 Å². The van der Waals surface area contributed by atoms with Crippen molar-refractivity contribution in [3.63, 3.8) is 0 Å².